The number of hydrogen-bond donors (Lipinski definition) is 1. The van der Waals surface area contributed by atoms with E-state index in [1.54, 1.807) is 0 Å². The number of hydrogen-bond acceptors (Lipinski definition) is 2. The first-order valence-electron chi connectivity index (χ1n) is 4.63. The Hall–Kier alpha value is -0.780. The van der Waals surface area contributed by atoms with Crippen LogP contribution in [-0.2, 0) is 0 Å². The van der Waals surface area contributed by atoms with E-state index < -0.39 is 5.60 Å². The molecule has 1 unspecified atom stereocenters. The molecule has 0 radical (unpaired) electrons. The van der Waals surface area contributed by atoms with Gasteiger partial charge in [0, 0.05) is 26.1 Å². The summed E-state index contributed by atoms with van der Waals surface area (Å²) in [7, 11) is 0. The average molecular weight is 179 g/mol. The van der Waals surface area contributed by atoms with E-state index in [0.29, 0.717) is 13.0 Å². The number of aliphatic hydroxyl groups is 1. The average Bonchev–Trinajstić information content (AvgIpc) is 2.45. The first kappa shape index (κ1) is 10.3. The van der Waals surface area contributed by atoms with Crippen molar-refractivity contribution in [2.24, 2.45) is 0 Å². The summed E-state index contributed by atoms with van der Waals surface area (Å²) in [4.78, 5) is 2.19. The zero-order valence-electron chi connectivity index (χ0n) is 8.21. The molecule has 1 aliphatic rings. The zero-order valence-corrected chi connectivity index (χ0v) is 8.21. The molecule has 13 heavy (non-hydrogen) atoms. The first-order chi connectivity index (χ1) is 6.06. The summed E-state index contributed by atoms with van der Waals surface area (Å²) in [5.41, 5.74) is 0.297. The highest BCUT2D eigenvalue weighted by atomic mass is 16.3. The highest BCUT2D eigenvalue weighted by Crippen LogP contribution is 2.20. The van der Waals surface area contributed by atoms with E-state index in [4.69, 9.17) is 6.42 Å². The Bertz CT molecular complexity index is 241. The maximum absolute atomic E-state index is 9.74. The van der Waals surface area contributed by atoms with Crippen molar-refractivity contribution in [3.05, 3.63) is 12.2 Å². The fraction of sp³-hybridized carbons (Fsp3) is 0.636. The lowest BCUT2D eigenvalue weighted by molar-refractivity contribution is 0.109. The van der Waals surface area contributed by atoms with Gasteiger partial charge in [-0.05, 0) is 13.3 Å². The molecule has 0 aliphatic carbocycles. The molecule has 1 N–H and O–H groups in total. The van der Waals surface area contributed by atoms with Crippen LogP contribution in [0.1, 0.15) is 19.8 Å². The van der Waals surface area contributed by atoms with E-state index in [1.165, 1.54) is 5.57 Å². The van der Waals surface area contributed by atoms with Gasteiger partial charge in [-0.1, -0.05) is 11.5 Å². The van der Waals surface area contributed by atoms with Crippen molar-refractivity contribution in [2.75, 3.05) is 19.6 Å². The van der Waals surface area contributed by atoms with E-state index >= 15 is 0 Å². The summed E-state index contributed by atoms with van der Waals surface area (Å²) >= 11 is 0. The molecule has 1 saturated heterocycles. The molecule has 0 aromatic carbocycles. The third kappa shape index (κ3) is 2.87. The van der Waals surface area contributed by atoms with Crippen LogP contribution in [0.4, 0.5) is 0 Å². The van der Waals surface area contributed by atoms with E-state index in [2.05, 4.69) is 17.4 Å². The molecule has 0 aromatic rings. The highest BCUT2D eigenvalue weighted by molar-refractivity contribution is 5.12. The molecule has 1 fully saturated rings. The third-order valence-electron chi connectivity index (χ3n) is 2.45. The van der Waals surface area contributed by atoms with Crippen LogP contribution >= 0.6 is 0 Å². The van der Waals surface area contributed by atoms with Crippen LogP contribution in [0.25, 0.3) is 0 Å². The molecule has 2 heteroatoms. The van der Waals surface area contributed by atoms with Crippen LogP contribution in [0.2, 0.25) is 0 Å². The number of nitrogens with zero attached hydrogens (tertiary/aromatic N) is 1. The van der Waals surface area contributed by atoms with Gasteiger partial charge in [-0.3, -0.25) is 4.90 Å². The second kappa shape index (κ2) is 3.95. The number of terminal acetylenes is 1. The summed E-state index contributed by atoms with van der Waals surface area (Å²) in [5, 5.41) is 9.74. The predicted molar refractivity (Wildman–Crippen MR) is 54.3 cm³/mol. The summed E-state index contributed by atoms with van der Waals surface area (Å²) < 4.78 is 0. The fourth-order valence-electron chi connectivity index (χ4n) is 1.53. The van der Waals surface area contributed by atoms with Gasteiger partial charge in [0.05, 0.1) is 0 Å². The third-order valence-corrected chi connectivity index (χ3v) is 2.45. The minimum atomic E-state index is -0.880. The van der Waals surface area contributed by atoms with Crippen LogP contribution < -0.4 is 0 Å². The topological polar surface area (TPSA) is 23.5 Å². The Morgan fingerprint density at radius 1 is 1.77 bits per heavy atom. The molecule has 1 rings (SSSR count). The van der Waals surface area contributed by atoms with Gasteiger partial charge in [0.2, 0.25) is 0 Å². The highest BCUT2D eigenvalue weighted by Gasteiger charge is 2.33. The van der Waals surface area contributed by atoms with Gasteiger partial charge in [0.1, 0.15) is 5.60 Å². The fourth-order valence-corrected chi connectivity index (χ4v) is 1.53. The molecule has 0 saturated carbocycles. The van der Waals surface area contributed by atoms with Crippen molar-refractivity contribution in [1.82, 2.24) is 4.90 Å². The van der Waals surface area contributed by atoms with E-state index in [0.717, 1.165) is 19.5 Å². The van der Waals surface area contributed by atoms with Gasteiger partial charge in [0.25, 0.3) is 0 Å². The molecule has 0 amide bonds. The van der Waals surface area contributed by atoms with Gasteiger partial charge < -0.3 is 5.11 Å². The van der Waals surface area contributed by atoms with Gasteiger partial charge in [0.15, 0.2) is 0 Å². The van der Waals surface area contributed by atoms with Crippen LogP contribution in [0.3, 0.4) is 0 Å². The molecule has 72 valence electrons. The minimum absolute atomic E-state index is 0.608. The molecular formula is C11H17NO. The smallest absolute Gasteiger partial charge is 0.139 e. The normalized spacial score (nSPS) is 28.7. The van der Waals surface area contributed by atoms with Crippen molar-refractivity contribution < 1.29 is 5.11 Å². The maximum Gasteiger partial charge on any atom is 0.139 e. The van der Waals surface area contributed by atoms with E-state index in [1.807, 2.05) is 6.92 Å². The molecule has 1 aliphatic heterocycles. The molecule has 0 bridgehead atoms. The van der Waals surface area contributed by atoms with Crippen LogP contribution in [0.15, 0.2) is 12.2 Å². The van der Waals surface area contributed by atoms with Crippen molar-refractivity contribution in [1.29, 1.82) is 0 Å². The van der Waals surface area contributed by atoms with Crippen molar-refractivity contribution in [2.45, 2.75) is 25.4 Å². The summed E-state index contributed by atoms with van der Waals surface area (Å²) in [6, 6.07) is 0. The molecule has 1 atom stereocenters. The number of likely N-dealkylation sites (tertiary alicyclic amines) is 1. The predicted octanol–water partition coefficient (Wildman–Crippen LogP) is 1.02. The number of rotatable bonds is 3. The Morgan fingerprint density at radius 2 is 2.46 bits per heavy atom. The summed E-state index contributed by atoms with van der Waals surface area (Å²) in [5.74, 6) is 2.45. The van der Waals surface area contributed by atoms with Gasteiger partial charge in [-0.15, -0.1) is 13.0 Å². The van der Waals surface area contributed by atoms with E-state index in [9.17, 15) is 5.11 Å². The molecule has 1 heterocycles. The first-order valence-corrected chi connectivity index (χ1v) is 4.63. The molecule has 0 aromatic heterocycles. The van der Waals surface area contributed by atoms with Gasteiger partial charge in [-0.2, -0.15) is 0 Å². The molecule has 0 spiro atoms. The lowest BCUT2D eigenvalue weighted by atomic mass is 10.1. The minimum Gasteiger partial charge on any atom is -0.376 e. The lowest BCUT2D eigenvalue weighted by Gasteiger charge is -2.17. The monoisotopic (exact) mass is 179 g/mol. The molecular weight excluding hydrogens is 162 g/mol. The lowest BCUT2D eigenvalue weighted by Crippen LogP contribution is -2.31. The van der Waals surface area contributed by atoms with Crippen molar-refractivity contribution in [3.8, 4) is 12.3 Å². The van der Waals surface area contributed by atoms with Gasteiger partial charge >= 0.3 is 0 Å². The Kier molecular flexibility index (Phi) is 3.13. The second-order valence-corrected chi connectivity index (χ2v) is 3.91. The summed E-state index contributed by atoms with van der Waals surface area (Å²) in [6.45, 7) is 8.32. The zero-order chi connectivity index (χ0) is 9.90. The largest absolute Gasteiger partial charge is 0.376 e. The van der Waals surface area contributed by atoms with Crippen LogP contribution in [0.5, 0.6) is 0 Å². The summed E-state index contributed by atoms with van der Waals surface area (Å²) in [6.07, 6.45) is 6.92. The second-order valence-electron chi connectivity index (χ2n) is 3.91. The standard InChI is InChI=1S/C11H17NO/c1-4-11(13)6-8-12(9-11)7-5-10(2)3/h1,13H,2,5-9H2,3H3. The Morgan fingerprint density at radius 3 is 2.92 bits per heavy atom. The van der Waals surface area contributed by atoms with Crippen LogP contribution in [0, 0.1) is 12.3 Å². The van der Waals surface area contributed by atoms with E-state index in [-0.39, 0.29) is 0 Å². The number of β-amino-alcohol motifs (C(OH)–C–C–N with tert-alkyl or cyclic N) is 1. The van der Waals surface area contributed by atoms with Crippen molar-refractivity contribution in [3.63, 3.8) is 0 Å². The molecule has 2 nitrogen and oxygen atoms in total. The Balaban J connectivity index is 2.34. The van der Waals surface area contributed by atoms with Crippen molar-refractivity contribution >= 4 is 0 Å². The maximum atomic E-state index is 9.74. The Labute approximate surface area is 80.2 Å². The SMILES string of the molecule is C#CC1(O)CCN(CCC(=C)C)C1. The van der Waals surface area contributed by atoms with Gasteiger partial charge in [-0.25, -0.2) is 0 Å². The van der Waals surface area contributed by atoms with Crippen LogP contribution in [-0.4, -0.2) is 35.2 Å². The quantitative estimate of drug-likeness (QED) is 0.516.